The van der Waals surface area contributed by atoms with Gasteiger partial charge < -0.3 is 15.7 Å². The summed E-state index contributed by atoms with van der Waals surface area (Å²) in [5.41, 5.74) is 2.34. The maximum Gasteiger partial charge on any atom is 0.258 e. The molecule has 6 rings (SSSR count). The second-order valence-electron chi connectivity index (χ2n) is 9.21. The molecule has 28 heavy (non-hydrogen) atoms. The van der Waals surface area contributed by atoms with Crippen LogP contribution >= 0.6 is 0 Å². The summed E-state index contributed by atoms with van der Waals surface area (Å²) < 4.78 is 1.58. The molecule has 0 saturated heterocycles. The molecule has 1 aromatic heterocycles. The zero-order valence-corrected chi connectivity index (χ0v) is 16.3. The number of anilines is 2. The number of hydrogen-bond donors (Lipinski definition) is 3. The number of carbonyl (C=O) groups is 1. The molecule has 3 N–H and O–H groups in total. The number of nitrogens with one attached hydrogen (secondary N) is 2. The minimum atomic E-state index is -1.23. The van der Waals surface area contributed by atoms with E-state index in [0.717, 1.165) is 29.1 Å². The molecule has 4 aliphatic rings. The monoisotopic (exact) mass is 380 g/mol. The SMILES string of the molecule is Cn1cc(C(O)C(=O)Nc2ccccc2NC23CC4CC(CC(C4)C2)C3)cn1. The highest BCUT2D eigenvalue weighted by Gasteiger charge is 2.51. The molecule has 6 heteroatoms. The van der Waals surface area contributed by atoms with E-state index in [0.29, 0.717) is 5.56 Å². The zero-order chi connectivity index (χ0) is 19.3. The Morgan fingerprint density at radius 3 is 2.32 bits per heavy atom. The first-order valence-electron chi connectivity index (χ1n) is 10.3. The van der Waals surface area contributed by atoms with Crippen LogP contribution in [0.15, 0.2) is 36.7 Å². The van der Waals surface area contributed by atoms with E-state index in [1.54, 1.807) is 17.9 Å². The molecular formula is C22H28N4O2. The van der Waals surface area contributed by atoms with Crippen LogP contribution in [0.25, 0.3) is 0 Å². The summed E-state index contributed by atoms with van der Waals surface area (Å²) in [6.07, 6.45) is 9.84. The van der Waals surface area contributed by atoms with Gasteiger partial charge in [-0.15, -0.1) is 0 Å². The Bertz CT molecular complexity index is 855. The Hall–Kier alpha value is -2.34. The minimum absolute atomic E-state index is 0.164. The molecule has 1 heterocycles. The van der Waals surface area contributed by atoms with E-state index in [4.69, 9.17) is 0 Å². The minimum Gasteiger partial charge on any atom is -0.378 e. The van der Waals surface area contributed by atoms with Crippen LogP contribution in [-0.4, -0.2) is 26.3 Å². The van der Waals surface area contributed by atoms with Crippen LogP contribution in [0.4, 0.5) is 11.4 Å². The van der Waals surface area contributed by atoms with Gasteiger partial charge in [-0.05, 0) is 68.4 Å². The first-order chi connectivity index (χ1) is 13.5. The number of hydrogen-bond acceptors (Lipinski definition) is 4. The smallest absolute Gasteiger partial charge is 0.258 e. The standard InChI is InChI=1S/C22H28N4O2/c1-26-13-17(12-23-26)20(27)21(28)24-18-4-2-3-5-19(18)25-22-9-14-6-15(10-22)8-16(7-14)11-22/h2-5,12-16,20,25,27H,6-11H2,1H3,(H,24,28). The third-order valence-electron chi connectivity index (χ3n) is 6.91. The van der Waals surface area contributed by atoms with Crippen LogP contribution in [0.1, 0.15) is 50.2 Å². The number of benzene rings is 1. The second kappa shape index (κ2) is 6.62. The number of aryl methyl sites for hydroxylation is 1. The van der Waals surface area contributed by atoms with Gasteiger partial charge in [-0.25, -0.2) is 0 Å². The normalized spacial score (nSPS) is 31.6. The van der Waals surface area contributed by atoms with Crippen LogP contribution in [-0.2, 0) is 11.8 Å². The molecule has 148 valence electrons. The summed E-state index contributed by atoms with van der Waals surface area (Å²) in [6.45, 7) is 0. The highest BCUT2D eigenvalue weighted by Crippen LogP contribution is 2.56. The van der Waals surface area contributed by atoms with Gasteiger partial charge in [-0.1, -0.05) is 12.1 Å². The average Bonchev–Trinajstić information content (AvgIpc) is 3.07. The fourth-order valence-corrected chi connectivity index (χ4v) is 6.18. The van der Waals surface area contributed by atoms with E-state index >= 15 is 0 Å². The third-order valence-corrected chi connectivity index (χ3v) is 6.91. The molecule has 4 aliphatic carbocycles. The Labute approximate surface area is 165 Å². The summed E-state index contributed by atoms with van der Waals surface area (Å²) in [7, 11) is 1.76. The van der Waals surface area contributed by atoms with Crippen molar-refractivity contribution < 1.29 is 9.90 Å². The maximum atomic E-state index is 12.6. The summed E-state index contributed by atoms with van der Waals surface area (Å²) in [5, 5.41) is 21.1. The van der Waals surface area contributed by atoms with Gasteiger partial charge in [0, 0.05) is 24.3 Å². The molecule has 1 unspecified atom stereocenters. The van der Waals surface area contributed by atoms with Gasteiger partial charge in [-0.2, -0.15) is 5.10 Å². The summed E-state index contributed by atoms with van der Waals surface area (Å²) in [4.78, 5) is 12.6. The van der Waals surface area contributed by atoms with Crippen molar-refractivity contribution in [1.29, 1.82) is 0 Å². The Balaban J connectivity index is 1.34. The number of aliphatic hydroxyl groups is 1. The number of carbonyl (C=O) groups excluding carboxylic acids is 1. The van der Waals surface area contributed by atoms with E-state index in [-0.39, 0.29) is 5.54 Å². The molecular weight excluding hydrogens is 352 g/mol. The van der Waals surface area contributed by atoms with Gasteiger partial charge in [0.1, 0.15) is 0 Å². The quantitative estimate of drug-likeness (QED) is 0.742. The molecule has 0 radical (unpaired) electrons. The predicted molar refractivity (Wildman–Crippen MR) is 108 cm³/mol. The van der Waals surface area contributed by atoms with Crippen LogP contribution in [0.5, 0.6) is 0 Å². The van der Waals surface area contributed by atoms with Crippen molar-refractivity contribution in [2.75, 3.05) is 10.6 Å². The van der Waals surface area contributed by atoms with Gasteiger partial charge in [0.05, 0.1) is 17.6 Å². The lowest BCUT2D eigenvalue weighted by Gasteiger charge is -2.57. The van der Waals surface area contributed by atoms with E-state index < -0.39 is 12.0 Å². The van der Waals surface area contributed by atoms with Gasteiger partial charge in [-0.3, -0.25) is 9.48 Å². The topological polar surface area (TPSA) is 79.2 Å². The van der Waals surface area contributed by atoms with Crippen LogP contribution in [0, 0.1) is 17.8 Å². The lowest BCUT2D eigenvalue weighted by atomic mass is 9.53. The number of amides is 1. The van der Waals surface area contributed by atoms with Crippen molar-refractivity contribution in [3.8, 4) is 0 Å². The predicted octanol–water partition coefficient (Wildman–Crippen LogP) is 3.47. The fraction of sp³-hybridized carbons (Fsp3) is 0.545. The van der Waals surface area contributed by atoms with Crippen molar-refractivity contribution in [2.24, 2.45) is 24.8 Å². The number of rotatable bonds is 5. The number of para-hydroxylation sites is 2. The lowest BCUT2D eigenvalue weighted by molar-refractivity contribution is -0.124. The van der Waals surface area contributed by atoms with Crippen LogP contribution in [0.3, 0.4) is 0 Å². The van der Waals surface area contributed by atoms with Crippen molar-refractivity contribution in [3.63, 3.8) is 0 Å². The van der Waals surface area contributed by atoms with Crippen molar-refractivity contribution in [1.82, 2.24) is 9.78 Å². The fourth-order valence-electron chi connectivity index (χ4n) is 6.18. The zero-order valence-electron chi connectivity index (χ0n) is 16.3. The van der Waals surface area contributed by atoms with Crippen molar-refractivity contribution in [3.05, 3.63) is 42.2 Å². The molecule has 4 bridgehead atoms. The average molecular weight is 380 g/mol. The van der Waals surface area contributed by atoms with Crippen molar-refractivity contribution >= 4 is 17.3 Å². The molecule has 1 aromatic carbocycles. The maximum absolute atomic E-state index is 12.6. The molecule has 0 spiro atoms. The molecule has 4 saturated carbocycles. The number of aliphatic hydroxyl groups excluding tert-OH is 1. The van der Waals surface area contributed by atoms with Gasteiger partial charge in [0.2, 0.25) is 0 Å². The van der Waals surface area contributed by atoms with Gasteiger partial charge >= 0.3 is 0 Å². The second-order valence-corrected chi connectivity index (χ2v) is 9.21. The summed E-state index contributed by atoms with van der Waals surface area (Å²) in [5.74, 6) is 2.13. The third kappa shape index (κ3) is 3.20. The molecule has 0 aliphatic heterocycles. The van der Waals surface area contributed by atoms with E-state index in [2.05, 4.69) is 15.7 Å². The van der Waals surface area contributed by atoms with E-state index in [1.807, 2.05) is 24.3 Å². The Kier molecular flexibility index (Phi) is 4.19. The molecule has 6 nitrogen and oxygen atoms in total. The highest BCUT2D eigenvalue weighted by atomic mass is 16.3. The first kappa shape index (κ1) is 17.7. The van der Waals surface area contributed by atoms with Gasteiger partial charge in [0.15, 0.2) is 6.10 Å². The summed E-state index contributed by atoms with van der Waals surface area (Å²) >= 11 is 0. The Morgan fingerprint density at radius 1 is 1.14 bits per heavy atom. The van der Waals surface area contributed by atoms with E-state index in [1.165, 1.54) is 44.7 Å². The van der Waals surface area contributed by atoms with Crippen molar-refractivity contribution in [2.45, 2.75) is 50.2 Å². The molecule has 4 fully saturated rings. The lowest BCUT2D eigenvalue weighted by Crippen LogP contribution is -2.54. The van der Waals surface area contributed by atoms with Crippen LogP contribution < -0.4 is 10.6 Å². The molecule has 1 atom stereocenters. The van der Waals surface area contributed by atoms with E-state index in [9.17, 15) is 9.90 Å². The largest absolute Gasteiger partial charge is 0.378 e. The number of aromatic nitrogens is 2. The Morgan fingerprint density at radius 2 is 1.75 bits per heavy atom. The first-order valence-corrected chi connectivity index (χ1v) is 10.3. The molecule has 1 amide bonds. The van der Waals surface area contributed by atoms with Crippen LogP contribution in [0.2, 0.25) is 0 Å². The molecule has 2 aromatic rings. The number of nitrogens with zero attached hydrogens (tertiary/aromatic N) is 2. The van der Waals surface area contributed by atoms with Gasteiger partial charge in [0.25, 0.3) is 5.91 Å². The summed E-state index contributed by atoms with van der Waals surface area (Å²) in [6, 6.07) is 7.84. The highest BCUT2D eigenvalue weighted by molar-refractivity contribution is 5.97.